The van der Waals surface area contributed by atoms with E-state index in [-0.39, 0.29) is 6.42 Å². The molecule has 0 aliphatic heterocycles. The molecule has 0 heterocycles. The van der Waals surface area contributed by atoms with Crippen molar-refractivity contribution in [2.24, 2.45) is 5.11 Å². The second-order valence-electron chi connectivity index (χ2n) is 6.53. The molecule has 8 nitrogen and oxygen atoms in total. The van der Waals surface area contributed by atoms with Gasteiger partial charge < -0.3 is 14.8 Å². The van der Waals surface area contributed by atoms with Gasteiger partial charge in [0.2, 0.25) is 0 Å². The fraction of sp³-hybridized carbons (Fsp3) is 0.368. The molecule has 0 saturated carbocycles. The highest BCUT2D eigenvalue weighted by molar-refractivity contribution is 5.81. The van der Waals surface area contributed by atoms with Crippen LogP contribution in [0.15, 0.2) is 47.6 Å². The number of amides is 1. The highest BCUT2D eigenvalue weighted by Gasteiger charge is 2.23. The lowest BCUT2D eigenvalue weighted by Gasteiger charge is -2.22. The molecule has 27 heavy (non-hydrogen) atoms. The Kier molecular flexibility index (Phi) is 8.62. The predicted molar refractivity (Wildman–Crippen MR) is 103 cm³/mol. The number of benzene rings is 1. The summed E-state index contributed by atoms with van der Waals surface area (Å²) in [4.78, 5) is 26.4. The summed E-state index contributed by atoms with van der Waals surface area (Å²) in [6.07, 6.45) is 6.72. The van der Waals surface area contributed by atoms with Crippen molar-refractivity contribution >= 4 is 23.8 Å². The van der Waals surface area contributed by atoms with Crippen LogP contribution in [0.5, 0.6) is 0 Å². The molecule has 1 aromatic carbocycles. The smallest absolute Gasteiger partial charge is 0.408 e. The van der Waals surface area contributed by atoms with E-state index in [0.717, 1.165) is 5.56 Å². The molecule has 1 rings (SSSR count). The van der Waals surface area contributed by atoms with E-state index in [0.29, 0.717) is 5.69 Å². The molecule has 1 amide bonds. The van der Waals surface area contributed by atoms with Crippen LogP contribution in [-0.2, 0) is 14.3 Å². The van der Waals surface area contributed by atoms with Gasteiger partial charge in [-0.1, -0.05) is 53.7 Å². The van der Waals surface area contributed by atoms with Gasteiger partial charge in [-0.3, -0.25) is 0 Å². The van der Waals surface area contributed by atoms with Crippen molar-refractivity contribution in [2.75, 3.05) is 7.11 Å². The van der Waals surface area contributed by atoms with Gasteiger partial charge >= 0.3 is 12.1 Å². The van der Waals surface area contributed by atoms with E-state index < -0.39 is 23.7 Å². The Hall–Kier alpha value is -3.25. The summed E-state index contributed by atoms with van der Waals surface area (Å²) < 4.78 is 9.85. The van der Waals surface area contributed by atoms with E-state index in [1.54, 1.807) is 51.1 Å². The van der Waals surface area contributed by atoms with Crippen molar-refractivity contribution in [1.29, 1.82) is 0 Å². The number of methoxy groups -OCH3 is 1. The zero-order valence-corrected chi connectivity index (χ0v) is 15.9. The maximum absolute atomic E-state index is 11.8. The first-order chi connectivity index (χ1) is 12.7. The topological polar surface area (TPSA) is 113 Å². The Labute approximate surface area is 158 Å². The minimum atomic E-state index is -0.836. The van der Waals surface area contributed by atoms with Crippen molar-refractivity contribution in [1.82, 2.24) is 5.32 Å². The van der Waals surface area contributed by atoms with Crippen molar-refractivity contribution in [3.63, 3.8) is 0 Å². The molecule has 1 N–H and O–H groups in total. The zero-order valence-electron chi connectivity index (χ0n) is 15.9. The summed E-state index contributed by atoms with van der Waals surface area (Å²) in [6.45, 7) is 5.22. The van der Waals surface area contributed by atoms with Crippen LogP contribution < -0.4 is 5.32 Å². The van der Waals surface area contributed by atoms with Crippen LogP contribution in [0, 0.1) is 0 Å². The quantitative estimate of drug-likeness (QED) is 0.246. The number of hydrogen-bond donors (Lipinski definition) is 1. The molecule has 8 heteroatoms. The minimum Gasteiger partial charge on any atom is -0.467 e. The molecular formula is C19H24N4O4. The van der Waals surface area contributed by atoms with E-state index in [4.69, 9.17) is 15.0 Å². The van der Waals surface area contributed by atoms with Gasteiger partial charge in [0, 0.05) is 10.6 Å². The number of nitrogens with zero attached hydrogens (tertiary/aromatic N) is 3. The van der Waals surface area contributed by atoms with E-state index in [1.165, 1.54) is 7.11 Å². The molecule has 1 aromatic rings. The van der Waals surface area contributed by atoms with Crippen LogP contribution in [0.1, 0.15) is 32.8 Å². The van der Waals surface area contributed by atoms with Gasteiger partial charge in [0.15, 0.2) is 0 Å². The first-order valence-corrected chi connectivity index (χ1v) is 8.31. The van der Waals surface area contributed by atoms with Crippen LogP contribution in [0.2, 0.25) is 0 Å². The number of esters is 1. The number of allylic oxidation sites excluding steroid dienone is 2. The van der Waals surface area contributed by atoms with E-state index in [2.05, 4.69) is 15.3 Å². The maximum Gasteiger partial charge on any atom is 0.408 e. The van der Waals surface area contributed by atoms with Gasteiger partial charge in [0.05, 0.1) is 7.11 Å². The molecular weight excluding hydrogens is 348 g/mol. The first-order valence-electron chi connectivity index (χ1n) is 8.31. The Bertz CT molecular complexity index is 742. The molecule has 0 saturated heterocycles. The number of carbonyl (C=O) groups excluding carboxylic acids is 2. The third-order valence-electron chi connectivity index (χ3n) is 3.14. The summed E-state index contributed by atoms with van der Waals surface area (Å²) in [5.41, 5.74) is 9.18. The molecule has 0 bridgehead atoms. The van der Waals surface area contributed by atoms with Gasteiger partial charge in [-0.2, -0.15) is 0 Å². The van der Waals surface area contributed by atoms with Crippen molar-refractivity contribution < 1.29 is 19.1 Å². The van der Waals surface area contributed by atoms with Crippen LogP contribution >= 0.6 is 0 Å². The largest absolute Gasteiger partial charge is 0.467 e. The van der Waals surface area contributed by atoms with Gasteiger partial charge in [-0.05, 0) is 38.3 Å². The number of azide groups is 1. The second kappa shape index (κ2) is 10.7. The predicted octanol–water partition coefficient (Wildman–Crippen LogP) is 4.65. The third kappa shape index (κ3) is 9.13. The Morgan fingerprint density at radius 1 is 1.26 bits per heavy atom. The molecule has 0 aromatic heterocycles. The summed E-state index contributed by atoms with van der Waals surface area (Å²) in [5.74, 6) is -0.553. The van der Waals surface area contributed by atoms with Crippen LogP contribution in [0.25, 0.3) is 16.5 Å². The normalized spacial score (nSPS) is 12.4. The molecule has 0 aliphatic rings. The van der Waals surface area contributed by atoms with Crippen molar-refractivity contribution in [2.45, 2.75) is 38.8 Å². The third-order valence-corrected chi connectivity index (χ3v) is 3.14. The molecule has 144 valence electrons. The highest BCUT2D eigenvalue weighted by atomic mass is 16.6. The van der Waals surface area contributed by atoms with Crippen molar-refractivity contribution in [3.8, 4) is 0 Å². The lowest BCUT2D eigenvalue weighted by atomic mass is 10.1. The van der Waals surface area contributed by atoms with Gasteiger partial charge in [0.25, 0.3) is 0 Å². The lowest BCUT2D eigenvalue weighted by molar-refractivity contribution is -0.143. The molecule has 0 spiro atoms. The van der Waals surface area contributed by atoms with Crippen LogP contribution in [0.3, 0.4) is 0 Å². The molecule has 1 atom stereocenters. The lowest BCUT2D eigenvalue weighted by Crippen LogP contribution is -2.43. The number of alkyl carbamates (subject to hydrolysis) is 1. The number of hydrogen-bond acceptors (Lipinski definition) is 5. The van der Waals surface area contributed by atoms with Crippen molar-refractivity contribution in [3.05, 3.63) is 58.5 Å². The molecule has 0 fully saturated rings. The van der Waals surface area contributed by atoms with Gasteiger partial charge in [-0.25, -0.2) is 9.59 Å². The SMILES string of the molecule is COC(=O)[C@H](C/C=C/C=C/c1ccc(N=[N+]=[N-])cc1)NC(=O)OC(C)(C)C. The van der Waals surface area contributed by atoms with Gasteiger partial charge in [0.1, 0.15) is 11.6 Å². The number of ether oxygens (including phenoxy) is 2. The fourth-order valence-corrected chi connectivity index (χ4v) is 1.97. The molecule has 0 unspecified atom stereocenters. The summed E-state index contributed by atoms with van der Waals surface area (Å²) in [7, 11) is 1.26. The fourth-order valence-electron chi connectivity index (χ4n) is 1.97. The second-order valence-corrected chi connectivity index (χ2v) is 6.53. The highest BCUT2D eigenvalue weighted by Crippen LogP contribution is 2.14. The number of rotatable bonds is 7. The van der Waals surface area contributed by atoms with Crippen LogP contribution in [-0.4, -0.2) is 30.8 Å². The Morgan fingerprint density at radius 3 is 2.48 bits per heavy atom. The Morgan fingerprint density at radius 2 is 1.93 bits per heavy atom. The number of carbonyl (C=O) groups is 2. The van der Waals surface area contributed by atoms with E-state index >= 15 is 0 Å². The van der Waals surface area contributed by atoms with E-state index in [1.807, 2.05) is 18.2 Å². The standard InChI is InChI=1S/C19H24N4O4/c1-19(2,3)27-18(25)21-16(17(24)26-4)9-7-5-6-8-14-10-12-15(13-11-14)22-23-20/h5-8,10-13,16H,9H2,1-4H3,(H,21,25)/b7-5+,8-6+/t16-/m0/s1. The average Bonchev–Trinajstić information content (AvgIpc) is 2.59. The number of nitrogens with one attached hydrogen (secondary N) is 1. The Balaban J connectivity index is 2.62. The monoisotopic (exact) mass is 372 g/mol. The minimum absolute atomic E-state index is 0.256. The summed E-state index contributed by atoms with van der Waals surface area (Å²) in [6, 6.07) is 6.21. The zero-order chi connectivity index (χ0) is 20.3. The summed E-state index contributed by atoms with van der Waals surface area (Å²) >= 11 is 0. The van der Waals surface area contributed by atoms with E-state index in [9.17, 15) is 9.59 Å². The summed E-state index contributed by atoms with van der Waals surface area (Å²) in [5, 5.41) is 6.00. The van der Waals surface area contributed by atoms with Gasteiger partial charge in [-0.15, -0.1) is 0 Å². The maximum atomic E-state index is 11.8. The average molecular weight is 372 g/mol. The first kappa shape index (κ1) is 21.8. The molecule has 0 aliphatic carbocycles. The molecule has 0 radical (unpaired) electrons. The van der Waals surface area contributed by atoms with Crippen LogP contribution in [0.4, 0.5) is 10.5 Å².